The highest BCUT2D eigenvalue weighted by Gasteiger charge is 2.71. The summed E-state index contributed by atoms with van der Waals surface area (Å²) in [5.74, 6) is -9.77. The lowest BCUT2D eigenvalue weighted by Gasteiger charge is -2.51. The molecule has 9 nitrogen and oxygen atoms in total. The number of alkyl halides is 6. The second-order valence-corrected chi connectivity index (χ2v) is 15.1. The summed E-state index contributed by atoms with van der Waals surface area (Å²) in [5, 5.41) is 10.9. The average molecular weight is 825 g/mol. The van der Waals surface area contributed by atoms with Crippen LogP contribution in [-0.4, -0.2) is 43.0 Å². The average Bonchev–Trinajstić information content (AvgIpc) is 3.57. The fourth-order valence-corrected chi connectivity index (χ4v) is 9.77. The zero-order valence-electron chi connectivity index (χ0n) is 30.4. The molecule has 0 unspecified atom stereocenters. The summed E-state index contributed by atoms with van der Waals surface area (Å²) in [5.41, 5.74) is -4.98. The fraction of sp³-hybridized carbons (Fsp3) is 0.286. The van der Waals surface area contributed by atoms with Crippen LogP contribution in [0.4, 0.5) is 37.7 Å². The lowest BCUT2D eigenvalue weighted by Crippen LogP contribution is -2.53. The molecular formula is C42H31ClF6N2O7. The number of halogens is 7. The number of aromatic hydroxyl groups is 1. The van der Waals surface area contributed by atoms with Crippen molar-refractivity contribution in [1.82, 2.24) is 0 Å². The molecule has 4 aliphatic rings. The normalized spacial score (nSPS) is 25.7. The number of phenolic OH excluding ortho intramolecular Hbond substituents is 1. The molecule has 8 rings (SSSR count). The summed E-state index contributed by atoms with van der Waals surface area (Å²) in [6.07, 6.45) is -9.30. The van der Waals surface area contributed by atoms with Crippen molar-refractivity contribution in [3.05, 3.63) is 124 Å². The number of amides is 4. The molecule has 0 spiro atoms. The highest BCUT2D eigenvalue weighted by Crippen LogP contribution is 2.66. The van der Waals surface area contributed by atoms with Crippen LogP contribution in [0.25, 0.3) is 0 Å². The van der Waals surface area contributed by atoms with Crippen molar-refractivity contribution in [2.24, 2.45) is 23.7 Å². The molecule has 2 saturated heterocycles. The second-order valence-electron chi connectivity index (χ2n) is 14.6. The van der Waals surface area contributed by atoms with E-state index in [-0.39, 0.29) is 52.4 Å². The zero-order valence-corrected chi connectivity index (χ0v) is 31.2. The van der Waals surface area contributed by atoms with Gasteiger partial charge in [-0.2, -0.15) is 26.3 Å². The Morgan fingerprint density at radius 2 is 1.34 bits per heavy atom. The van der Waals surface area contributed by atoms with E-state index >= 15 is 9.59 Å². The molecule has 4 aromatic rings. The van der Waals surface area contributed by atoms with Crippen LogP contribution in [0.2, 0.25) is 5.02 Å². The van der Waals surface area contributed by atoms with E-state index in [0.29, 0.717) is 28.2 Å². The molecule has 4 aromatic carbocycles. The molecule has 0 bridgehead atoms. The summed E-state index contributed by atoms with van der Waals surface area (Å²) in [6.45, 7) is 0. The van der Waals surface area contributed by atoms with Gasteiger partial charge >= 0.3 is 12.4 Å². The Kier molecular flexibility index (Phi) is 9.18. The largest absolute Gasteiger partial charge is 0.508 e. The third-order valence-corrected chi connectivity index (χ3v) is 12.1. The first-order valence-electron chi connectivity index (χ1n) is 17.9. The molecule has 2 heterocycles. The molecule has 0 aromatic heterocycles. The lowest BCUT2D eigenvalue weighted by atomic mass is 9.49. The number of carbonyl (C=O) groups is 4. The number of rotatable bonds is 6. The molecule has 16 heteroatoms. The summed E-state index contributed by atoms with van der Waals surface area (Å²) in [6, 6.07) is 17.6. The summed E-state index contributed by atoms with van der Waals surface area (Å²) < 4.78 is 95.3. The second kappa shape index (κ2) is 13.6. The van der Waals surface area contributed by atoms with E-state index in [1.54, 1.807) is 48.5 Å². The van der Waals surface area contributed by atoms with Gasteiger partial charge < -0.3 is 14.6 Å². The number of ether oxygens (including phenoxy) is 2. The Hall–Kier alpha value is -5.83. The first kappa shape index (κ1) is 39.0. The van der Waals surface area contributed by atoms with Gasteiger partial charge in [-0.3, -0.25) is 19.2 Å². The van der Waals surface area contributed by atoms with E-state index in [9.17, 15) is 41.0 Å². The Labute approximate surface area is 331 Å². The number of nitrogens with zero attached hydrogens (tertiary/aromatic N) is 2. The maximum atomic E-state index is 15.5. The standard InChI is InChI=1S/C42H31ClF6N2O7/c1-57-31-17-26(52)18-32(58-2)34(31)35-27-11-12-28-33(38(55)50(36(28)53)25-14-21(41(44,45)46)13-22(15-25)42(47,48)49)29(27)19-30-37(54)51(24-10-6-9-23(43)16-24)39(56)40(30,35)20-7-4-3-5-8-20/h3-11,13-18,28-30,33,35,52H,12,19H2,1-2H3/t28-,29+,30-,33-,35+,40+/m0/s1. The number of imide groups is 2. The molecule has 0 radical (unpaired) electrons. The molecule has 58 heavy (non-hydrogen) atoms. The summed E-state index contributed by atoms with van der Waals surface area (Å²) in [4.78, 5) is 60.7. The Balaban J connectivity index is 1.37. The van der Waals surface area contributed by atoms with E-state index in [0.717, 1.165) is 4.90 Å². The lowest BCUT2D eigenvalue weighted by molar-refractivity contribution is -0.143. The van der Waals surface area contributed by atoms with Crippen molar-refractivity contribution in [2.75, 3.05) is 24.0 Å². The predicted octanol–water partition coefficient (Wildman–Crippen LogP) is 8.47. The number of hydrogen-bond acceptors (Lipinski definition) is 7. The van der Waals surface area contributed by atoms with E-state index in [2.05, 4.69) is 0 Å². The SMILES string of the molecule is COc1cc(O)cc(OC)c1[C@H]1C2=CC[C@@H]3C(=O)N(c4cc(C(F)(F)F)cc(C(F)(F)F)c4)C(=O)[C@@H]3[C@@H]2C[C@H]2C(=O)N(c3cccc(Cl)c3)C(=O)[C@@]12c1ccccc1. The number of benzene rings is 4. The first-order chi connectivity index (χ1) is 27.4. The minimum absolute atomic E-state index is 0.0418. The quantitative estimate of drug-likeness (QED) is 0.118. The topological polar surface area (TPSA) is 113 Å². The predicted molar refractivity (Wildman–Crippen MR) is 196 cm³/mol. The number of carbonyl (C=O) groups excluding carboxylic acids is 4. The molecule has 6 atom stereocenters. The maximum absolute atomic E-state index is 15.5. The Morgan fingerprint density at radius 1 is 0.724 bits per heavy atom. The third-order valence-electron chi connectivity index (χ3n) is 11.8. The number of allylic oxidation sites excluding steroid dienone is 2. The zero-order chi connectivity index (χ0) is 41.6. The van der Waals surface area contributed by atoms with Crippen LogP contribution >= 0.6 is 11.6 Å². The Morgan fingerprint density at radius 3 is 1.91 bits per heavy atom. The first-order valence-corrected chi connectivity index (χ1v) is 18.3. The van der Waals surface area contributed by atoms with Gasteiger partial charge in [-0.05, 0) is 60.7 Å². The van der Waals surface area contributed by atoms with Crippen molar-refractivity contribution in [1.29, 1.82) is 0 Å². The van der Waals surface area contributed by atoms with Crippen LogP contribution in [-0.2, 0) is 36.9 Å². The minimum atomic E-state index is -5.26. The van der Waals surface area contributed by atoms with Gasteiger partial charge in [0, 0.05) is 28.6 Å². The van der Waals surface area contributed by atoms with Crippen LogP contribution in [0.15, 0.2) is 96.6 Å². The minimum Gasteiger partial charge on any atom is -0.508 e. The van der Waals surface area contributed by atoms with Crippen LogP contribution in [0.3, 0.4) is 0 Å². The molecule has 2 aliphatic heterocycles. The van der Waals surface area contributed by atoms with Gasteiger partial charge in [-0.25, -0.2) is 9.80 Å². The molecule has 1 N–H and O–H groups in total. The molecule has 1 saturated carbocycles. The number of phenols is 1. The van der Waals surface area contributed by atoms with Gasteiger partial charge in [-0.15, -0.1) is 0 Å². The van der Waals surface area contributed by atoms with E-state index in [1.165, 1.54) is 38.5 Å². The maximum Gasteiger partial charge on any atom is 0.416 e. The number of anilines is 2. The van der Waals surface area contributed by atoms with Crippen LogP contribution in [0.1, 0.15) is 41.0 Å². The molecule has 300 valence electrons. The molecule has 2 aliphatic carbocycles. The van der Waals surface area contributed by atoms with Gasteiger partial charge in [0.25, 0.3) is 0 Å². The number of hydrogen-bond donors (Lipinski definition) is 1. The Bertz CT molecular complexity index is 2380. The number of fused-ring (bicyclic) bond motifs is 4. The van der Waals surface area contributed by atoms with Crippen molar-refractivity contribution < 1.29 is 60.1 Å². The van der Waals surface area contributed by atoms with Crippen molar-refractivity contribution in [3.8, 4) is 17.2 Å². The number of methoxy groups -OCH3 is 2. The van der Waals surface area contributed by atoms with Crippen LogP contribution in [0.5, 0.6) is 17.2 Å². The van der Waals surface area contributed by atoms with Crippen molar-refractivity contribution in [2.45, 2.75) is 36.5 Å². The summed E-state index contributed by atoms with van der Waals surface area (Å²) in [7, 11) is 2.63. The van der Waals surface area contributed by atoms with Gasteiger partial charge in [-0.1, -0.05) is 59.6 Å². The monoisotopic (exact) mass is 824 g/mol. The van der Waals surface area contributed by atoms with E-state index < -0.39 is 87.8 Å². The van der Waals surface area contributed by atoms with E-state index in [4.69, 9.17) is 21.1 Å². The van der Waals surface area contributed by atoms with Crippen LogP contribution in [0, 0.1) is 23.7 Å². The van der Waals surface area contributed by atoms with Crippen molar-refractivity contribution in [3.63, 3.8) is 0 Å². The van der Waals surface area contributed by atoms with Gasteiger partial charge in [0.2, 0.25) is 23.6 Å². The molecular weight excluding hydrogens is 794 g/mol. The third kappa shape index (κ3) is 5.76. The highest BCUT2D eigenvalue weighted by molar-refractivity contribution is 6.32. The van der Waals surface area contributed by atoms with Crippen molar-refractivity contribution >= 4 is 46.6 Å². The fourth-order valence-electron chi connectivity index (χ4n) is 9.59. The molecule has 4 amide bonds. The van der Waals surface area contributed by atoms with Crippen LogP contribution < -0.4 is 19.3 Å². The summed E-state index contributed by atoms with van der Waals surface area (Å²) >= 11 is 6.35. The highest BCUT2D eigenvalue weighted by atomic mass is 35.5. The molecule has 3 fully saturated rings. The van der Waals surface area contributed by atoms with Gasteiger partial charge in [0.15, 0.2) is 0 Å². The smallest absolute Gasteiger partial charge is 0.416 e. The van der Waals surface area contributed by atoms with Gasteiger partial charge in [0.1, 0.15) is 17.2 Å². The van der Waals surface area contributed by atoms with Gasteiger partial charge in [0.05, 0.1) is 59.9 Å². The van der Waals surface area contributed by atoms with E-state index in [1.807, 2.05) is 0 Å².